The summed E-state index contributed by atoms with van der Waals surface area (Å²) in [4.78, 5) is 16.9. The number of piperazine rings is 1. The van der Waals surface area contributed by atoms with Crippen LogP contribution in [0.2, 0.25) is 0 Å². The van der Waals surface area contributed by atoms with Gasteiger partial charge in [0.05, 0.1) is 7.11 Å². The summed E-state index contributed by atoms with van der Waals surface area (Å²) in [7, 11) is 1.69. The van der Waals surface area contributed by atoms with Crippen LogP contribution in [-0.2, 0) is 0 Å². The van der Waals surface area contributed by atoms with Crippen LogP contribution in [0, 0.1) is 5.82 Å². The van der Waals surface area contributed by atoms with Crippen LogP contribution in [0.15, 0.2) is 60.7 Å². The van der Waals surface area contributed by atoms with Gasteiger partial charge in [0, 0.05) is 55.9 Å². The fourth-order valence-corrected chi connectivity index (χ4v) is 3.88. The summed E-state index contributed by atoms with van der Waals surface area (Å²) in [5.74, 6) is 0.359. The van der Waals surface area contributed by atoms with Crippen molar-refractivity contribution in [1.82, 2.24) is 10.2 Å². The Morgan fingerprint density at radius 3 is 2.53 bits per heavy atom. The second kappa shape index (κ2) is 9.13. The third-order valence-electron chi connectivity index (χ3n) is 5.60. The summed E-state index contributed by atoms with van der Waals surface area (Å²) in [6, 6.07) is 18.2. The van der Waals surface area contributed by atoms with Crippen molar-refractivity contribution in [3.8, 4) is 5.75 Å². The lowest BCUT2D eigenvalue weighted by Gasteiger charge is -2.36. The minimum atomic E-state index is -0.339. The molecule has 156 valence electrons. The number of nitrogens with one attached hydrogen (secondary N) is 1. The lowest BCUT2D eigenvalue weighted by molar-refractivity contribution is 0.0947. The van der Waals surface area contributed by atoms with Crippen LogP contribution in [0.4, 0.5) is 10.1 Å². The van der Waals surface area contributed by atoms with Crippen LogP contribution in [0.25, 0.3) is 10.8 Å². The molecule has 6 heteroatoms. The summed E-state index contributed by atoms with van der Waals surface area (Å²) in [5.41, 5.74) is 1.71. The number of carbonyl (C=O) groups excluding carboxylic acids is 1. The maximum atomic E-state index is 13.0. The van der Waals surface area contributed by atoms with Crippen molar-refractivity contribution in [2.45, 2.75) is 0 Å². The molecule has 1 aliphatic rings. The number of hydrogen-bond donors (Lipinski definition) is 1. The van der Waals surface area contributed by atoms with E-state index in [0.29, 0.717) is 12.1 Å². The molecule has 0 radical (unpaired) electrons. The number of halogens is 1. The number of fused-ring (bicyclic) bond motifs is 1. The molecule has 3 aromatic rings. The van der Waals surface area contributed by atoms with Gasteiger partial charge in [-0.05, 0) is 47.9 Å². The van der Waals surface area contributed by atoms with Crippen LogP contribution >= 0.6 is 0 Å². The predicted octanol–water partition coefficient (Wildman–Crippen LogP) is 3.54. The molecule has 0 unspecified atom stereocenters. The maximum Gasteiger partial charge on any atom is 0.251 e. The Bertz CT molecular complexity index is 1010. The smallest absolute Gasteiger partial charge is 0.251 e. The van der Waals surface area contributed by atoms with Gasteiger partial charge in [-0.2, -0.15) is 0 Å². The molecule has 1 heterocycles. The third kappa shape index (κ3) is 4.54. The number of carbonyl (C=O) groups is 1. The Labute approximate surface area is 176 Å². The van der Waals surface area contributed by atoms with E-state index in [1.54, 1.807) is 7.11 Å². The Balaban J connectivity index is 1.30. The number of benzene rings is 3. The topological polar surface area (TPSA) is 44.8 Å². The van der Waals surface area contributed by atoms with Gasteiger partial charge in [-0.15, -0.1) is 0 Å². The molecule has 5 nitrogen and oxygen atoms in total. The molecule has 0 atom stereocenters. The molecule has 30 heavy (non-hydrogen) atoms. The van der Waals surface area contributed by atoms with Crippen molar-refractivity contribution in [3.63, 3.8) is 0 Å². The number of anilines is 1. The van der Waals surface area contributed by atoms with Crippen molar-refractivity contribution in [1.29, 1.82) is 0 Å². The van der Waals surface area contributed by atoms with E-state index in [-0.39, 0.29) is 11.7 Å². The summed E-state index contributed by atoms with van der Waals surface area (Å²) in [5, 5.41) is 5.33. The molecule has 1 fully saturated rings. The van der Waals surface area contributed by atoms with Crippen molar-refractivity contribution >= 4 is 22.4 Å². The lowest BCUT2D eigenvalue weighted by Crippen LogP contribution is -2.48. The SMILES string of the molecule is COc1ccc2cccc(N3CCN(CCNC(=O)c4ccc([18F])cc4)CC3)c2c1. The van der Waals surface area contributed by atoms with Crippen molar-refractivity contribution in [3.05, 3.63) is 72.0 Å². The van der Waals surface area contributed by atoms with E-state index in [1.807, 2.05) is 6.07 Å². The second-order valence-corrected chi connectivity index (χ2v) is 7.46. The van der Waals surface area contributed by atoms with Crippen LogP contribution in [-0.4, -0.2) is 57.2 Å². The van der Waals surface area contributed by atoms with E-state index < -0.39 is 0 Å². The van der Waals surface area contributed by atoms with Gasteiger partial charge in [0.15, 0.2) is 0 Å². The van der Waals surface area contributed by atoms with Crippen LogP contribution in [0.1, 0.15) is 10.4 Å². The highest BCUT2D eigenvalue weighted by atomic mass is 18.2. The van der Waals surface area contributed by atoms with Gasteiger partial charge in [0.2, 0.25) is 0 Å². The average Bonchev–Trinajstić information content (AvgIpc) is 2.79. The van der Waals surface area contributed by atoms with Gasteiger partial charge in [-0.3, -0.25) is 9.69 Å². The Morgan fingerprint density at radius 2 is 1.80 bits per heavy atom. The molecule has 1 aliphatic heterocycles. The average molecular weight is 406 g/mol. The Kier molecular flexibility index (Phi) is 6.14. The highest BCUT2D eigenvalue weighted by Gasteiger charge is 2.19. The molecule has 0 spiro atoms. The standard InChI is InChI=1S/C24H26FN3O2/c1-30-21-10-7-18-3-2-4-23(22(18)17-21)28-15-13-27(14-16-28)12-11-26-24(29)19-5-8-20(25)9-6-19/h2-10,17H,11-16H2,1H3,(H,26,29)/i25-1. The molecule has 0 aromatic heterocycles. The van der Waals surface area contributed by atoms with Gasteiger partial charge in [-0.1, -0.05) is 18.2 Å². The number of ether oxygens (including phenoxy) is 1. The normalized spacial score (nSPS) is 14.7. The monoisotopic (exact) mass is 406 g/mol. The summed E-state index contributed by atoms with van der Waals surface area (Å²) < 4.78 is 18.4. The van der Waals surface area contributed by atoms with E-state index in [9.17, 15) is 9.18 Å². The van der Waals surface area contributed by atoms with Crippen molar-refractivity contribution in [2.24, 2.45) is 0 Å². The number of hydrogen-bond acceptors (Lipinski definition) is 4. The number of methoxy groups -OCH3 is 1. The quantitative estimate of drug-likeness (QED) is 0.680. The lowest BCUT2D eigenvalue weighted by atomic mass is 10.1. The first kappa shape index (κ1) is 20.2. The van der Waals surface area contributed by atoms with Crippen LogP contribution in [0.3, 0.4) is 0 Å². The molecule has 0 aliphatic carbocycles. The first-order chi connectivity index (χ1) is 14.6. The third-order valence-corrected chi connectivity index (χ3v) is 5.60. The first-order valence-electron chi connectivity index (χ1n) is 10.2. The first-order valence-corrected chi connectivity index (χ1v) is 10.2. The van der Waals surface area contributed by atoms with E-state index >= 15 is 0 Å². The van der Waals surface area contributed by atoms with Gasteiger partial charge < -0.3 is 15.0 Å². The van der Waals surface area contributed by atoms with E-state index in [2.05, 4.69) is 45.4 Å². The van der Waals surface area contributed by atoms with E-state index in [0.717, 1.165) is 38.5 Å². The molecule has 1 N–H and O–H groups in total. The second-order valence-electron chi connectivity index (χ2n) is 7.46. The molecule has 1 saturated heterocycles. The van der Waals surface area contributed by atoms with E-state index in [1.165, 1.54) is 40.7 Å². The molecule has 1 amide bonds. The zero-order chi connectivity index (χ0) is 20.9. The summed E-state index contributed by atoms with van der Waals surface area (Å²) in [6.07, 6.45) is 0. The Hall–Kier alpha value is -3.12. The molecule has 3 aromatic carbocycles. The Morgan fingerprint density at radius 1 is 1.03 bits per heavy atom. The minimum absolute atomic E-state index is 0.168. The molecule has 4 rings (SSSR count). The highest BCUT2D eigenvalue weighted by molar-refractivity contribution is 5.95. The zero-order valence-corrected chi connectivity index (χ0v) is 17.1. The minimum Gasteiger partial charge on any atom is -0.497 e. The van der Waals surface area contributed by atoms with Crippen molar-refractivity contribution in [2.75, 3.05) is 51.3 Å². The van der Waals surface area contributed by atoms with Gasteiger partial charge >= 0.3 is 0 Å². The summed E-state index contributed by atoms with van der Waals surface area (Å²) >= 11 is 0. The fraction of sp³-hybridized carbons (Fsp3) is 0.292. The summed E-state index contributed by atoms with van der Waals surface area (Å²) in [6.45, 7) is 5.11. The molecular weight excluding hydrogens is 380 g/mol. The number of amides is 1. The highest BCUT2D eigenvalue weighted by Crippen LogP contribution is 2.30. The molecule has 0 saturated carbocycles. The fourth-order valence-electron chi connectivity index (χ4n) is 3.88. The van der Waals surface area contributed by atoms with Gasteiger partial charge in [-0.25, -0.2) is 4.39 Å². The molecular formula is C24H26FN3O2. The number of rotatable bonds is 6. The van der Waals surface area contributed by atoms with Crippen LogP contribution in [0.5, 0.6) is 5.75 Å². The maximum absolute atomic E-state index is 13.0. The van der Waals surface area contributed by atoms with E-state index in [4.69, 9.17) is 4.74 Å². The zero-order valence-electron chi connectivity index (χ0n) is 17.1. The number of nitrogens with zero attached hydrogens (tertiary/aromatic N) is 2. The van der Waals surface area contributed by atoms with Crippen molar-refractivity contribution < 1.29 is 13.9 Å². The van der Waals surface area contributed by atoms with Crippen LogP contribution < -0.4 is 15.0 Å². The van der Waals surface area contributed by atoms with Gasteiger partial charge in [0.25, 0.3) is 5.91 Å². The predicted molar refractivity (Wildman–Crippen MR) is 118 cm³/mol. The molecule has 0 bridgehead atoms. The largest absolute Gasteiger partial charge is 0.497 e. The van der Waals surface area contributed by atoms with Gasteiger partial charge in [0.1, 0.15) is 11.6 Å².